The molecule has 0 heterocycles. The lowest BCUT2D eigenvalue weighted by Crippen LogP contribution is -2.00. The second-order valence-electron chi connectivity index (χ2n) is 4.37. The molecule has 0 aromatic heterocycles. The minimum absolute atomic E-state index is 0.101. The lowest BCUT2D eigenvalue weighted by molar-refractivity contribution is -0.131. The smallest absolute Gasteiger partial charge is 0.308 e. The molecule has 2 rings (SSSR count). The van der Waals surface area contributed by atoms with Gasteiger partial charge in [-0.2, -0.15) is 0 Å². The summed E-state index contributed by atoms with van der Waals surface area (Å²) in [6.45, 7) is 1.35. The number of benzene rings is 2. The molecule has 2 aromatic rings. The summed E-state index contributed by atoms with van der Waals surface area (Å²) >= 11 is 5.77. The van der Waals surface area contributed by atoms with Crippen LogP contribution in [0.1, 0.15) is 22.8 Å². The third kappa shape index (κ3) is 4.58. The number of rotatable bonds is 4. The molecule has 21 heavy (non-hydrogen) atoms. The lowest BCUT2D eigenvalue weighted by Gasteiger charge is -2.01. The van der Waals surface area contributed by atoms with Crippen molar-refractivity contribution in [2.75, 3.05) is 0 Å². The van der Waals surface area contributed by atoms with Crippen molar-refractivity contribution >= 4 is 29.4 Å². The standard InChI is InChI=1S/C17H13ClO3/c1-12(19)21-16-9-2-13(3-10-16)4-11-17(20)14-5-7-15(18)8-6-14/h2-11H,1H3/b11-4+. The van der Waals surface area contributed by atoms with Gasteiger partial charge in [0.2, 0.25) is 0 Å². The van der Waals surface area contributed by atoms with E-state index in [1.165, 1.54) is 13.0 Å². The molecule has 0 aliphatic heterocycles. The van der Waals surface area contributed by atoms with Crippen molar-refractivity contribution in [3.05, 3.63) is 70.8 Å². The molecular formula is C17H13ClO3. The van der Waals surface area contributed by atoms with E-state index in [1.807, 2.05) is 0 Å². The van der Waals surface area contributed by atoms with E-state index in [1.54, 1.807) is 54.6 Å². The van der Waals surface area contributed by atoms with E-state index < -0.39 is 0 Å². The molecule has 0 atom stereocenters. The van der Waals surface area contributed by atoms with Gasteiger partial charge >= 0.3 is 5.97 Å². The third-order valence-electron chi connectivity index (χ3n) is 2.70. The maximum absolute atomic E-state index is 11.9. The second-order valence-corrected chi connectivity index (χ2v) is 4.80. The van der Waals surface area contributed by atoms with Crippen LogP contribution in [0, 0.1) is 0 Å². The Morgan fingerprint density at radius 1 is 1.00 bits per heavy atom. The Labute approximate surface area is 127 Å². The van der Waals surface area contributed by atoms with Gasteiger partial charge in [0, 0.05) is 17.5 Å². The summed E-state index contributed by atoms with van der Waals surface area (Å²) in [5, 5.41) is 0.594. The van der Waals surface area contributed by atoms with Gasteiger partial charge in [0.05, 0.1) is 0 Å². The van der Waals surface area contributed by atoms with E-state index in [9.17, 15) is 9.59 Å². The van der Waals surface area contributed by atoms with Crippen LogP contribution in [-0.2, 0) is 4.79 Å². The minimum atomic E-state index is -0.365. The zero-order valence-corrected chi connectivity index (χ0v) is 12.1. The summed E-state index contributed by atoms with van der Waals surface area (Å²) < 4.78 is 4.93. The molecule has 0 N–H and O–H groups in total. The summed E-state index contributed by atoms with van der Waals surface area (Å²) in [5.41, 5.74) is 1.42. The highest BCUT2D eigenvalue weighted by Gasteiger charge is 2.01. The fourth-order valence-corrected chi connectivity index (χ4v) is 1.82. The summed E-state index contributed by atoms with van der Waals surface area (Å²) in [6, 6.07) is 13.6. The fourth-order valence-electron chi connectivity index (χ4n) is 1.70. The van der Waals surface area contributed by atoms with Crippen molar-refractivity contribution in [1.29, 1.82) is 0 Å². The van der Waals surface area contributed by atoms with Crippen LogP contribution in [-0.4, -0.2) is 11.8 Å². The Bertz CT molecular complexity index is 670. The average Bonchev–Trinajstić information content (AvgIpc) is 2.46. The maximum atomic E-state index is 11.9. The van der Waals surface area contributed by atoms with Gasteiger partial charge < -0.3 is 4.74 Å². The van der Waals surface area contributed by atoms with Crippen molar-refractivity contribution in [3.8, 4) is 5.75 Å². The topological polar surface area (TPSA) is 43.4 Å². The predicted molar refractivity (Wildman–Crippen MR) is 82.6 cm³/mol. The van der Waals surface area contributed by atoms with Crippen molar-refractivity contribution in [3.63, 3.8) is 0 Å². The molecule has 0 radical (unpaired) electrons. The Morgan fingerprint density at radius 2 is 1.62 bits per heavy atom. The van der Waals surface area contributed by atoms with Crippen LogP contribution >= 0.6 is 11.6 Å². The summed E-state index contributed by atoms with van der Waals surface area (Å²) in [4.78, 5) is 22.7. The Hall–Kier alpha value is -2.39. The van der Waals surface area contributed by atoms with Crippen LogP contribution in [0.2, 0.25) is 5.02 Å². The second kappa shape index (κ2) is 6.86. The largest absolute Gasteiger partial charge is 0.427 e. The monoisotopic (exact) mass is 300 g/mol. The van der Waals surface area contributed by atoms with E-state index in [4.69, 9.17) is 16.3 Å². The number of hydrogen-bond donors (Lipinski definition) is 0. The van der Waals surface area contributed by atoms with Crippen LogP contribution in [0.15, 0.2) is 54.6 Å². The molecule has 0 fully saturated rings. The lowest BCUT2D eigenvalue weighted by atomic mass is 10.1. The molecule has 0 spiro atoms. The van der Waals surface area contributed by atoms with E-state index in [-0.39, 0.29) is 11.8 Å². The van der Waals surface area contributed by atoms with Crippen LogP contribution in [0.5, 0.6) is 5.75 Å². The van der Waals surface area contributed by atoms with Crippen molar-refractivity contribution in [1.82, 2.24) is 0 Å². The van der Waals surface area contributed by atoms with Gasteiger partial charge in [0.25, 0.3) is 0 Å². The van der Waals surface area contributed by atoms with Gasteiger partial charge in [-0.05, 0) is 48.0 Å². The average molecular weight is 301 g/mol. The van der Waals surface area contributed by atoms with Gasteiger partial charge in [0.1, 0.15) is 5.75 Å². The highest BCUT2D eigenvalue weighted by molar-refractivity contribution is 6.30. The number of halogens is 1. The molecule has 106 valence electrons. The molecule has 0 unspecified atom stereocenters. The van der Waals surface area contributed by atoms with Crippen LogP contribution in [0.25, 0.3) is 6.08 Å². The molecule has 2 aromatic carbocycles. The first kappa shape index (κ1) is 15.0. The van der Waals surface area contributed by atoms with Crippen molar-refractivity contribution in [2.24, 2.45) is 0 Å². The molecule has 0 aliphatic rings. The number of allylic oxidation sites excluding steroid dienone is 1. The minimum Gasteiger partial charge on any atom is -0.427 e. The van der Waals surface area contributed by atoms with Crippen molar-refractivity contribution in [2.45, 2.75) is 6.92 Å². The molecular weight excluding hydrogens is 288 g/mol. The van der Waals surface area contributed by atoms with Crippen LogP contribution in [0.4, 0.5) is 0 Å². The molecule has 0 saturated heterocycles. The van der Waals surface area contributed by atoms with E-state index in [0.29, 0.717) is 16.3 Å². The molecule has 4 heteroatoms. The van der Waals surface area contributed by atoms with Gasteiger partial charge in [-0.25, -0.2) is 0 Å². The van der Waals surface area contributed by atoms with Crippen LogP contribution in [0.3, 0.4) is 0 Å². The van der Waals surface area contributed by atoms with E-state index >= 15 is 0 Å². The van der Waals surface area contributed by atoms with Gasteiger partial charge in [-0.15, -0.1) is 0 Å². The Morgan fingerprint density at radius 3 is 2.19 bits per heavy atom. The zero-order valence-electron chi connectivity index (χ0n) is 11.4. The Balaban J connectivity index is 2.05. The normalized spacial score (nSPS) is 10.6. The number of carbonyl (C=O) groups is 2. The summed E-state index contributed by atoms with van der Waals surface area (Å²) in [7, 11) is 0. The molecule has 3 nitrogen and oxygen atoms in total. The van der Waals surface area contributed by atoms with Gasteiger partial charge in [-0.3, -0.25) is 9.59 Å². The number of ether oxygens (including phenoxy) is 1. The van der Waals surface area contributed by atoms with Crippen molar-refractivity contribution < 1.29 is 14.3 Å². The predicted octanol–water partition coefficient (Wildman–Crippen LogP) is 4.16. The molecule has 0 amide bonds. The first-order valence-corrected chi connectivity index (χ1v) is 6.69. The number of esters is 1. The van der Waals surface area contributed by atoms with E-state index in [0.717, 1.165) is 5.56 Å². The third-order valence-corrected chi connectivity index (χ3v) is 2.95. The van der Waals surface area contributed by atoms with Gasteiger partial charge in [0.15, 0.2) is 5.78 Å². The molecule has 0 bridgehead atoms. The summed E-state index contributed by atoms with van der Waals surface area (Å²) in [5.74, 6) is 0.00983. The quantitative estimate of drug-likeness (QED) is 0.368. The zero-order chi connectivity index (χ0) is 15.2. The highest BCUT2D eigenvalue weighted by atomic mass is 35.5. The van der Waals surface area contributed by atoms with E-state index in [2.05, 4.69) is 0 Å². The number of carbonyl (C=O) groups excluding carboxylic acids is 2. The Kier molecular flexibility index (Phi) is 4.90. The number of ketones is 1. The highest BCUT2D eigenvalue weighted by Crippen LogP contribution is 2.14. The SMILES string of the molecule is CC(=O)Oc1ccc(/C=C/C(=O)c2ccc(Cl)cc2)cc1. The maximum Gasteiger partial charge on any atom is 0.308 e. The van der Waals surface area contributed by atoms with Gasteiger partial charge in [-0.1, -0.05) is 29.8 Å². The molecule has 0 aliphatic carbocycles. The number of hydrogen-bond acceptors (Lipinski definition) is 3. The van der Waals surface area contributed by atoms with Crippen LogP contribution < -0.4 is 4.74 Å². The summed E-state index contributed by atoms with van der Waals surface area (Å²) in [6.07, 6.45) is 3.19. The first-order chi connectivity index (χ1) is 10.0. The first-order valence-electron chi connectivity index (χ1n) is 6.31. The fraction of sp³-hybridized carbons (Fsp3) is 0.0588. The molecule has 0 saturated carbocycles.